The summed E-state index contributed by atoms with van der Waals surface area (Å²) in [4.78, 5) is 5.45. The normalized spacial score (nSPS) is 14.9. The highest BCUT2D eigenvalue weighted by molar-refractivity contribution is 5.82. The molecular weight excluding hydrogens is 430 g/mol. The maximum Gasteiger partial charge on any atom is 0.255 e. The third-order valence-electron chi connectivity index (χ3n) is 5.13. The van der Waals surface area contributed by atoms with Crippen LogP contribution in [0.4, 0.5) is 20.3 Å². The zero-order valence-electron chi connectivity index (χ0n) is 18.6. The van der Waals surface area contributed by atoms with Gasteiger partial charge in [-0.2, -0.15) is 14.5 Å². The Bertz CT molecular complexity index is 1160. The van der Waals surface area contributed by atoms with E-state index in [0.29, 0.717) is 26.3 Å². The summed E-state index contributed by atoms with van der Waals surface area (Å²) in [5.74, 6) is -2.65. The Morgan fingerprint density at radius 1 is 1.09 bits per heavy atom. The molecule has 3 aromatic rings. The second-order valence-electron chi connectivity index (χ2n) is 8.50. The van der Waals surface area contributed by atoms with Gasteiger partial charge in [-0.3, -0.25) is 0 Å². The van der Waals surface area contributed by atoms with Crippen molar-refractivity contribution in [1.82, 2.24) is 4.98 Å². The minimum atomic E-state index is -1.22. The van der Waals surface area contributed by atoms with Crippen LogP contribution in [0.25, 0.3) is 10.8 Å². The van der Waals surface area contributed by atoms with Gasteiger partial charge in [-0.15, -0.1) is 5.11 Å². The Morgan fingerprint density at radius 3 is 2.55 bits per heavy atom. The Kier molecular flexibility index (Phi) is 6.80. The maximum atomic E-state index is 15.3. The number of rotatable bonds is 7. The highest BCUT2D eigenvalue weighted by atomic mass is 19.1. The largest absolute Gasteiger partial charge is 0.472 e. The van der Waals surface area contributed by atoms with Crippen LogP contribution < -0.4 is 9.64 Å². The van der Waals surface area contributed by atoms with Crippen molar-refractivity contribution in [3.63, 3.8) is 0 Å². The lowest BCUT2D eigenvalue weighted by atomic mass is 10.1. The predicted octanol–water partition coefficient (Wildman–Crippen LogP) is 4.78. The van der Waals surface area contributed by atoms with Gasteiger partial charge in [0.25, 0.3) is 5.88 Å². The average molecular weight is 456 g/mol. The molecule has 33 heavy (non-hydrogen) atoms. The molecule has 2 aromatic carbocycles. The number of pyridine rings is 1. The number of nitrogens with zero attached hydrogens (tertiary/aromatic N) is 4. The summed E-state index contributed by atoms with van der Waals surface area (Å²) >= 11 is 0. The van der Waals surface area contributed by atoms with Gasteiger partial charge in [0, 0.05) is 13.1 Å². The molecule has 0 unspecified atom stereocenters. The molecule has 1 aliphatic rings. The van der Waals surface area contributed by atoms with Gasteiger partial charge in [-0.25, -0.2) is 4.39 Å². The van der Waals surface area contributed by atoms with Gasteiger partial charge in [-0.05, 0) is 36.2 Å². The first-order valence-electron chi connectivity index (χ1n) is 10.7. The fourth-order valence-corrected chi connectivity index (χ4v) is 3.49. The van der Waals surface area contributed by atoms with Crippen LogP contribution in [0.15, 0.2) is 52.7 Å². The Balaban J connectivity index is 1.63. The van der Waals surface area contributed by atoms with Crippen LogP contribution in [0.3, 0.4) is 0 Å². The van der Waals surface area contributed by atoms with Crippen molar-refractivity contribution in [3.8, 4) is 5.88 Å². The summed E-state index contributed by atoms with van der Waals surface area (Å²) in [6.45, 7) is 4.34. The SMILES string of the molecule is CC(C)(O)COc1nc(N=NCc2ccc3ccccc3c2)c(F)c(N2CCOCC2)c1F. The third-order valence-corrected chi connectivity index (χ3v) is 5.13. The maximum absolute atomic E-state index is 15.3. The van der Waals surface area contributed by atoms with Crippen LogP contribution in [-0.4, -0.2) is 48.6 Å². The summed E-state index contributed by atoms with van der Waals surface area (Å²) < 4.78 is 41.1. The number of morpholine rings is 1. The number of aromatic nitrogens is 1. The van der Waals surface area contributed by atoms with Crippen LogP contribution >= 0.6 is 0 Å². The number of benzene rings is 2. The summed E-state index contributed by atoms with van der Waals surface area (Å²) in [5, 5.41) is 20.2. The molecule has 0 atom stereocenters. The van der Waals surface area contributed by atoms with Crippen LogP contribution in [-0.2, 0) is 11.3 Å². The van der Waals surface area contributed by atoms with E-state index in [1.807, 2.05) is 42.5 Å². The van der Waals surface area contributed by atoms with E-state index < -0.39 is 23.1 Å². The van der Waals surface area contributed by atoms with Crippen molar-refractivity contribution in [2.24, 2.45) is 10.2 Å². The molecule has 1 N–H and O–H groups in total. The van der Waals surface area contributed by atoms with Gasteiger partial charge in [0.05, 0.1) is 25.4 Å². The van der Waals surface area contributed by atoms with Crippen molar-refractivity contribution >= 4 is 22.3 Å². The molecule has 1 aromatic heterocycles. The fraction of sp³-hybridized carbons (Fsp3) is 0.375. The van der Waals surface area contributed by atoms with Crippen LogP contribution in [0.2, 0.25) is 0 Å². The molecule has 1 aliphatic heterocycles. The molecule has 0 saturated carbocycles. The van der Waals surface area contributed by atoms with Crippen molar-refractivity contribution < 1.29 is 23.4 Å². The molecule has 7 nitrogen and oxygen atoms in total. The lowest BCUT2D eigenvalue weighted by Gasteiger charge is -2.30. The molecule has 1 saturated heterocycles. The number of fused-ring (bicyclic) bond motifs is 1. The molecular formula is C24H26F2N4O3. The smallest absolute Gasteiger partial charge is 0.255 e. The molecule has 174 valence electrons. The molecule has 0 spiro atoms. The topological polar surface area (TPSA) is 79.5 Å². The summed E-state index contributed by atoms with van der Waals surface area (Å²) in [6, 6.07) is 13.8. The van der Waals surface area contributed by atoms with E-state index in [4.69, 9.17) is 9.47 Å². The van der Waals surface area contributed by atoms with Gasteiger partial charge in [0.1, 0.15) is 12.3 Å². The molecule has 0 radical (unpaired) electrons. The zero-order valence-corrected chi connectivity index (χ0v) is 18.6. The minimum absolute atomic E-state index is 0.204. The summed E-state index contributed by atoms with van der Waals surface area (Å²) in [5.41, 5.74) is -0.607. The van der Waals surface area contributed by atoms with Crippen LogP contribution in [0, 0.1) is 11.6 Å². The van der Waals surface area contributed by atoms with Crippen molar-refractivity contribution in [2.45, 2.75) is 26.0 Å². The van der Waals surface area contributed by atoms with Crippen molar-refractivity contribution in [3.05, 3.63) is 59.7 Å². The van der Waals surface area contributed by atoms with Gasteiger partial charge in [0.15, 0.2) is 5.82 Å². The van der Waals surface area contributed by atoms with E-state index in [1.165, 1.54) is 18.7 Å². The molecule has 0 bridgehead atoms. The van der Waals surface area contributed by atoms with E-state index in [0.717, 1.165) is 16.3 Å². The molecule has 1 fully saturated rings. The van der Waals surface area contributed by atoms with Crippen LogP contribution in [0.5, 0.6) is 5.88 Å². The minimum Gasteiger partial charge on any atom is -0.472 e. The zero-order chi connectivity index (χ0) is 23.4. The Morgan fingerprint density at radius 2 is 1.82 bits per heavy atom. The molecule has 2 heterocycles. The summed E-state index contributed by atoms with van der Waals surface area (Å²) in [6.07, 6.45) is 0. The predicted molar refractivity (Wildman–Crippen MR) is 121 cm³/mol. The highest BCUT2D eigenvalue weighted by Gasteiger charge is 2.28. The average Bonchev–Trinajstić information content (AvgIpc) is 2.80. The first-order valence-corrected chi connectivity index (χ1v) is 10.7. The van der Waals surface area contributed by atoms with Gasteiger partial charge < -0.3 is 19.5 Å². The Hall–Kier alpha value is -3.17. The van der Waals surface area contributed by atoms with Gasteiger partial charge in [-0.1, -0.05) is 36.4 Å². The Labute approximate surface area is 190 Å². The number of halogens is 2. The highest BCUT2D eigenvalue weighted by Crippen LogP contribution is 2.35. The second-order valence-corrected chi connectivity index (χ2v) is 8.50. The third kappa shape index (κ3) is 5.61. The first kappa shape index (κ1) is 23.0. The number of hydrogen-bond donors (Lipinski definition) is 1. The van der Waals surface area contributed by atoms with E-state index in [-0.39, 0.29) is 24.7 Å². The fourth-order valence-electron chi connectivity index (χ4n) is 3.49. The molecule has 0 aliphatic carbocycles. The standard InChI is InChI=1S/C24H26F2N4O3/c1-24(2,31)15-33-23-20(26)21(30-9-11-32-12-10-30)19(25)22(28-23)29-27-14-16-7-8-17-5-3-4-6-18(17)13-16/h3-8,13,31H,9-12,14-15H2,1-2H3. The first-order chi connectivity index (χ1) is 15.8. The van der Waals surface area contributed by atoms with E-state index in [1.54, 1.807) is 0 Å². The number of azo groups is 1. The monoisotopic (exact) mass is 456 g/mol. The van der Waals surface area contributed by atoms with Crippen molar-refractivity contribution in [2.75, 3.05) is 37.8 Å². The molecule has 4 rings (SSSR count). The van der Waals surface area contributed by atoms with Gasteiger partial charge in [0.2, 0.25) is 11.6 Å². The van der Waals surface area contributed by atoms with E-state index in [9.17, 15) is 5.11 Å². The number of aliphatic hydroxyl groups is 1. The van der Waals surface area contributed by atoms with Gasteiger partial charge >= 0.3 is 0 Å². The molecule has 0 amide bonds. The molecule has 9 heteroatoms. The number of anilines is 1. The van der Waals surface area contributed by atoms with E-state index in [2.05, 4.69) is 15.2 Å². The number of ether oxygens (including phenoxy) is 2. The second kappa shape index (κ2) is 9.76. The van der Waals surface area contributed by atoms with Crippen molar-refractivity contribution in [1.29, 1.82) is 0 Å². The summed E-state index contributed by atoms with van der Waals surface area (Å²) in [7, 11) is 0. The number of hydrogen-bond acceptors (Lipinski definition) is 7. The quantitative estimate of drug-likeness (QED) is 0.518. The van der Waals surface area contributed by atoms with E-state index >= 15 is 8.78 Å². The lowest BCUT2D eigenvalue weighted by Crippen LogP contribution is -2.37. The lowest BCUT2D eigenvalue weighted by molar-refractivity contribution is 0.0254. The van der Waals surface area contributed by atoms with Crippen LogP contribution in [0.1, 0.15) is 19.4 Å².